The van der Waals surface area contributed by atoms with E-state index in [4.69, 9.17) is 0 Å². The van der Waals surface area contributed by atoms with Crippen LogP contribution in [0.3, 0.4) is 0 Å². The van der Waals surface area contributed by atoms with Crippen molar-refractivity contribution in [2.75, 3.05) is 0 Å². The zero-order chi connectivity index (χ0) is 9.26. The van der Waals surface area contributed by atoms with Gasteiger partial charge in [-0.15, -0.1) is 10.2 Å². The van der Waals surface area contributed by atoms with Crippen LogP contribution < -0.4 is 5.43 Å². The molecule has 2 heterocycles. The Kier molecular flexibility index (Phi) is 1.70. The van der Waals surface area contributed by atoms with Crippen molar-refractivity contribution in [2.45, 2.75) is 0 Å². The van der Waals surface area contributed by atoms with E-state index in [1.807, 2.05) is 0 Å². The summed E-state index contributed by atoms with van der Waals surface area (Å²) in [6, 6.07) is 1.46. The Balaban J connectivity index is 2.66. The normalized spacial score (nSPS) is 10.2. The van der Waals surface area contributed by atoms with Gasteiger partial charge in [0.25, 0.3) is 0 Å². The summed E-state index contributed by atoms with van der Waals surface area (Å²) in [6.45, 7) is 0. The second-order valence-corrected chi connectivity index (χ2v) is 2.69. The summed E-state index contributed by atoms with van der Waals surface area (Å²) < 4.78 is 1.70. The molecular weight excluding hydrogens is 168 g/mol. The Bertz CT molecular complexity index is 471. The molecule has 5 heteroatoms. The molecule has 0 spiro atoms. The van der Waals surface area contributed by atoms with Crippen LogP contribution in [0.15, 0.2) is 29.6 Å². The highest BCUT2D eigenvalue weighted by Gasteiger charge is 2.06. The van der Waals surface area contributed by atoms with Crippen LogP contribution in [0, 0.1) is 0 Å². The van der Waals surface area contributed by atoms with Gasteiger partial charge in [0, 0.05) is 25.5 Å². The van der Waals surface area contributed by atoms with Gasteiger partial charge in [0.1, 0.15) is 6.33 Å². The van der Waals surface area contributed by atoms with Gasteiger partial charge in [0.2, 0.25) is 0 Å². The molecule has 0 bridgehead atoms. The van der Waals surface area contributed by atoms with Gasteiger partial charge in [-0.2, -0.15) is 0 Å². The molecule has 2 aromatic rings. The number of aromatic nitrogens is 4. The average molecular weight is 176 g/mol. The third-order valence-corrected chi connectivity index (χ3v) is 1.78. The summed E-state index contributed by atoms with van der Waals surface area (Å²) in [5.41, 5.74) is 0.470. The minimum atomic E-state index is -0.0603. The van der Waals surface area contributed by atoms with Gasteiger partial charge in [-0.1, -0.05) is 0 Å². The molecule has 0 unspecified atom stereocenters. The summed E-state index contributed by atoms with van der Waals surface area (Å²) in [5, 5.41) is 7.54. The fraction of sp³-hybridized carbons (Fsp3) is 0.125. The molecule has 0 radical (unpaired) electrons. The van der Waals surface area contributed by atoms with Crippen LogP contribution in [-0.4, -0.2) is 19.7 Å². The minimum Gasteiger partial charge on any atom is -0.367 e. The fourth-order valence-electron chi connectivity index (χ4n) is 1.12. The second kappa shape index (κ2) is 2.85. The molecule has 13 heavy (non-hydrogen) atoms. The van der Waals surface area contributed by atoms with Gasteiger partial charge in [0.05, 0.1) is 5.56 Å². The summed E-state index contributed by atoms with van der Waals surface area (Å²) in [5.74, 6) is 0.571. The predicted molar refractivity (Wildman–Crippen MR) is 47.1 cm³/mol. The largest absolute Gasteiger partial charge is 0.367 e. The van der Waals surface area contributed by atoms with E-state index < -0.39 is 0 Å². The standard InChI is InChI=1S/C8H8N4O/c1-12-5-10-11-8(12)6-4-9-3-2-7(6)13/h2-5H,1H3,(H,9,13). The maximum absolute atomic E-state index is 11.4. The molecular formula is C8H8N4O. The number of aryl methyl sites for hydroxylation is 1. The second-order valence-electron chi connectivity index (χ2n) is 2.69. The fourth-order valence-corrected chi connectivity index (χ4v) is 1.12. The van der Waals surface area contributed by atoms with Crippen LogP contribution in [-0.2, 0) is 7.05 Å². The van der Waals surface area contributed by atoms with Gasteiger partial charge in [-0.25, -0.2) is 0 Å². The lowest BCUT2D eigenvalue weighted by Crippen LogP contribution is -2.06. The molecule has 0 saturated carbocycles. The van der Waals surface area contributed by atoms with E-state index in [0.29, 0.717) is 11.4 Å². The van der Waals surface area contributed by atoms with E-state index in [9.17, 15) is 4.79 Å². The average Bonchev–Trinajstić information content (AvgIpc) is 2.52. The van der Waals surface area contributed by atoms with Gasteiger partial charge in [0.15, 0.2) is 11.3 Å². The van der Waals surface area contributed by atoms with Crippen LogP contribution in [0.4, 0.5) is 0 Å². The van der Waals surface area contributed by atoms with Crippen molar-refractivity contribution < 1.29 is 0 Å². The van der Waals surface area contributed by atoms with Crippen LogP contribution in [0.5, 0.6) is 0 Å². The molecule has 0 amide bonds. The van der Waals surface area contributed by atoms with Crippen molar-refractivity contribution in [3.8, 4) is 11.4 Å². The zero-order valence-electron chi connectivity index (χ0n) is 7.06. The molecule has 2 aromatic heterocycles. The van der Waals surface area contributed by atoms with Gasteiger partial charge in [-0.05, 0) is 0 Å². The van der Waals surface area contributed by atoms with Crippen molar-refractivity contribution in [1.82, 2.24) is 19.7 Å². The summed E-state index contributed by atoms with van der Waals surface area (Å²) in [6.07, 6.45) is 4.76. The number of hydrogen-bond acceptors (Lipinski definition) is 3. The lowest BCUT2D eigenvalue weighted by molar-refractivity contribution is 0.917. The lowest BCUT2D eigenvalue weighted by atomic mass is 10.2. The van der Waals surface area contributed by atoms with Crippen molar-refractivity contribution in [2.24, 2.45) is 7.05 Å². The zero-order valence-corrected chi connectivity index (χ0v) is 7.06. The topological polar surface area (TPSA) is 63.6 Å². The summed E-state index contributed by atoms with van der Waals surface area (Å²) in [7, 11) is 1.79. The number of rotatable bonds is 1. The molecule has 0 aromatic carbocycles. The maximum atomic E-state index is 11.4. The Morgan fingerprint density at radius 1 is 1.54 bits per heavy atom. The number of nitrogens with one attached hydrogen (secondary N) is 1. The van der Waals surface area contributed by atoms with E-state index in [2.05, 4.69) is 15.2 Å². The Morgan fingerprint density at radius 3 is 3.00 bits per heavy atom. The predicted octanol–water partition coefficient (Wildman–Crippen LogP) is 0.170. The Morgan fingerprint density at radius 2 is 2.38 bits per heavy atom. The molecule has 0 saturated heterocycles. The molecule has 0 aliphatic carbocycles. The molecule has 0 atom stereocenters. The monoisotopic (exact) mass is 176 g/mol. The van der Waals surface area contributed by atoms with E-state index >= 15 is 0 Å². The first-order valence-corrected chi connectivity index (χ1v) is 3.80. The highest BCUT2D eigenvalue weighted by Crippen LogP contribution is 2.07. The van der Waals surface area contributed by atoms with E-state index in [1.54, 1.807) is 30.3 Å². The first-order valence-electron chi connectivity index (χ1n) is 3.80. The van der Waals surface area contributed by atoms with Crippen LogP contribution in [0.1, 0.15) is 0 Å². The third kappa shape index (κ3) is 1.24. The third-order valence-electron chi connectivity index (χ3n) is 1.78. The minimum absolute atomic E-state index is 0.0603. The van der Waals surface area contributed by atoms with Crippen molar-refractivity contribution in [3.05, 3.63) is 35.0 Å². The van der Waals surface area contributed by atoms with Crippen molar-refractivity contribution in [1.29, 1.82) is 0 Å². The lowest BCUT2D eigenvalue weighted by Gasteiger charge is -1.97. The smallest absolute Gasteiger partial charge is 0.192 e. The number of pyridine rings is 1. The number of aromatic amines is 1. The van der Waals surface area contributed by atoms with Gasteiger partial charge >= 0.3 is 0 Å². The first kappa shape index (κ1) is 7.72. The number of hydrogen-bond donors (Lipinski definition) is 1. The highest BCUT2D eigenvalue weighted by molar-refractivity contribution is 5.52. The highest BCUT2D eigenvalue weighted by atomic mass is 16.1. The van der Waals surface area contributed by atoms with E-state index in [1.165, 1.54) is 6.07 Å². The maximum Gasteiger partial charge on any atom is 0.192 e. The molecule has 0 fully saturated rings. The first-order chi connectivity index (χ1) is 6.29. The van der Waals surface area contributed by atoms with Gasteiger partial charge < -0.3 is 9.55 Å². The number of nitrogens with zero attached hydrogens (tertiary/aromatic N) is 3. The van der Waals surface area contributed by atoms with Crippen molar-refractivity contribution >= 4 is 0 Å². The molecule has 2 rings (SSSR count). The Hall–Kier alpha value is -1.91. The summed E-state index contributed by atoms with van der Waals surface area (Å²) in [4.78, 5) is 14.2. The van der Waals surface area contributed by atoms with Crippen LogP contribution >= 0.6 is 0 Å². The molecule has 0 aliphatic rings. The summed E-state index contributed by atoms with van der Waals surface area (Å²) >= 11 is 0. The van der Waals surface area contributed by atoms with Gasteiger partial charge in [-0.3, -0.25) is 4.79 Å². The number of H-pyrrole nitrogens is 1. The molecule has 66 valence electrons. The van der Waals surface area contributed by atoms with E-state index in [-0.39, 0.29) is 5.43 Å². The van der Waals surface area contributed by atoms with Crippen LogP contribution in [0.25, 0.3) is 11.4 Å². The molecule has 0 aliphatic heterocycles. The molecule has 5 nitrogen and oxygen atoms in total. The molecule has 1 N–H and O–H groups in total. The van der Waals surface area contributed by atoms with Crippen molar-refractivity contribution in [3.63, 3.8) is 0 Å². The van der Waals surface area contributed by atoms with Crippen LogP contribution in [0.2, 0.25) is 0 Å². The van der Waals surface area contributed by atoms with E-state index in [0.717, 1.165) is 0 Å². The quantitative estimate of drug-likeness (QED) is 0.673. The SMILES string of the molecule is Cn1cnnc1-c1c[nH]ccc1=O. The Labute approximate surface area is 74.1 Å².